The Morgan fingerprint density at radius 3 is 2.24 bits per heavy atom. The first kappa shape index (κ1) is 11.5. The predicted molar refractivity (Wildman–Crippen MR) is 62.3 cm³/mol. The minimum absolute atomic E-state index is 0.391. The van der Waals surface area contributed by atoms with E-state index in [1.807, 2.05) is 0 Å². The zero-order valence-corrected chi connectivity index (χ0v) is 10.3. The molecule has 0 aromatic heterocycles. The van der Waals surface area contributed by atoms with Crippen molar-refractivity contribution < 1.29 is 15.0 Å². The van der Waals surface area contributed by atoms with Crippen LogP contribution in [0.15, 0.2) is 0 Å². The van der Waals surface area contributed by atoms with Crippen LogP contribution < -0.4 is 5.73 Å². The lowest BCUT2D eigenvalue weighted by molar-refractivity contribution is -0.193. The first-order valence-corrected chi connectivity index (χ1v) is 6.51. The van der Waals surface area contributed by atoms with Crippen LogP contribution in [0.4, 0.5) is 0 Å². The highest BCUT2D eigenvalue weighted by atomic mass is 16.4. The SMILES string of the molecule is C[C@@](N)(C(=O)O)C12CC3CC(CC(O)(C3)C1)C2. The van der Waals surface area contributed by atoms with Gasteiger partial charge in [-0.3, -0.25) is 4.79 Å². The van der Waals surface area contributed by atoms with E-state index in [-0.39, 0.29) is 0 Å². The molecule has 4 fully saturated rings. The molecule has 4 N–H and O–H groups in total. The number of carboxylic acids is 1. The standard InChI is InChI=1S/C13H21NO3/c1-11(14,10(15)16)12-3-8-2-9(4-12)6-13(17,5-8)7-12/h8-9,17H,2-7,14H2,1H3,(H,15,16)/t8?,9?,11-,12?,13?/m1/s1. The van der Waals surface area contributed by atoms with Gasteiger partial charge in [0.1, 0.15) is 5.54 Å². The summed E-state index contributed by atoms with van der Waals surface area (Å²) >= 11 is 0. The van der Waals surface area contributed by atoms with Gasteiger partial charge in [0, 0.05) is 5.41 Å². The van der Waals surface area contributed by atoms with Crippen molar-refractivity contribution in [1.29, 1.82) is 0 Å². The highest BCUT2D eigenvalue weighted by Gasteiger charge is 2.64. The summed E-state index contributed by atoms with van der Waals surface area (Å²) in [5, 5.41) is 19.9. The largest absolute Gasteiger partial charge is 0.480 e. The minimum Gasteiger partial charge on any atom is -0.480 e. The zero-order chi connectivity index (χ0) is 12.5. The molecule has 0 heterocycles. The Balaban J connectivity index is 2.01. The second kappa shape index (κ2) is 3.04. The summed E-state index contributed by atoms with van der Waals surface area (Å²) in [6.45, 7) is 1.63. The van der Waals surface area contributed by atoms with Crippen molar-refractivity contribution in [2.24, 2.45) is 23.0 Å². The van der Waals surface area contributed by atoms with Crippen LogP contribution in [0, 0.1) is 17.3 Å². The minimum atomic E-state index is -1.21. The third-order valence-electron chi connectivity index (χ3n) is 5.58. The van der Waals surface area contributed by atoms with Crippen LogP contribution in [-0.2, 0) is 4.79 Å². The van der Waals surface area contributed by atoms with Crippen LogP contribution in [0.3, 0.4) is 0 Å². The molecule has 3 atom stereocenters. The van der Waals surface area contributed by atoms with Gasteiger partial charge < -0.3 is 15.9 Å². The zero-order valence-electron chi connectivity index (χ0n) is 10.3. The van der Waals surface area contributed by atoms with E-state index >= 15 is 0 Å². The lowest BCUT2D eigenvalue weighted by atomic mass is 9.43. The van der Waals surface area contributed by atoms with E-state index in [0.29, 0.717) is 18.3 Å². The highest BCUT2D eigenvalue weighted by molar-refractivity contribution is 5.79. The van der Waals surface area contributed by atoms with Crippen molar-refractivity contribution in [3.63, 3.8) is 0 Å². The van der Waals surface area contributed by atoms with E-state index in [0.717, 1.165) is 32.1 Å². The van der Waals surface area contributed by atoms with Crippen LogP contribution >= 0.6 is 0 Å². The summed E-state index contributed by atoms with van der Waals surface area (Å²) < 4.78 is 0. The van der Waals surface area contributed by atoms with Crippen molar-refractivity contribution in [3.8, 4) is 0 Å². The number of hydrogen-bond donors (Lipinski definition) is 3. The van der Waals surface area contributed by atoms with E-state index in [1.165, 1.54) is 0 Å². The van der Waals surface area contributed by atoms with Gasteiger partial charge in [-0.25, -0.2) is 0 Å². The lowest BCUT2D eigenvalue weighted by Crippen LogP contribution is -2.68. The average molecular weight is 239 g/mol. The molecule has 0 radical (unpaired) electrons. The van der Waals surface area contributed by atoms with Crippen molar-refractivity contribution in [2.75, 3.05) is 0 Å². The van der Waals surface area contributed by atoms with E-state index in [4.69, 9.17) is 5.73 Å². The number of aliphatic hydroxyl groups is 1. The Kier molecular flexibility index (Phi) is 2.05. The quantitative estimate of drug-likeness (QED) is 0.674. The Morgan fingerprint density at radius 1 is 1.29 bits per heavy atom. The molecule has 2 unspecified atom stereocenters. The van der Waals surface area contributed by atoms with E-state index in [9.17, 15) is 15.0 Å². The molecule has 0 spiro atoms. The number of carbonyl (C=O) groups is 1. The monoisotopic (exact) mass is 239 g/mol. The van der Waals surface area contributed by atoms with E-state index < -0.39 is 22.5 Å². The maximum Gasteiger partial charge on any atom is 0.323 e. The summed E-state index contributed by atoms with van der Waals surface area (Å²) in [5.74, 6) is 0.0231. The Bertz CT molecular complexity index is 363. The summed E-state index contributed by atoms with van der Waals surface area (Å²) in [7, 11) is 0. The first-order valence-electron chi connectivity index (χ1n) is 6.51. The fourth-order valence-corrected chi connectivity index (χ4v) is 5.05. The average Bonchev–Trinajstić information content (AvgIpc) is 2.12. The van der Waals surface area contributed by atoms with Gasteiger partial charge in [0.2, 0.25) is 0 Å². The van der Waals surface area contributed by atoms with Crippen molar-refractivity contribution in [1.82, 2.24) is 0 Å². The number of rotatable bonds is 2. The van der Waals surface area contributed by atoms with Gasteiger partial charge in [0.05, 0.1) is 5.60 Å². The van der Waals surface area contributed by atoms with E-state index in [2.05, 4.69) is 0 Å². The molecule has 4 nitrogen and oxygen atoms in total. The molecule has 0 aliphatic heterocycles. The summed E-state index contributed by atoms with van der Waals surface area (Å²) in [6.07, 6.45) is 5.18. The number of aliphatic carboxylic acids is 1. The Morgan fingerprint density at radius 2 is 1.82 bits per heavy atom. The van der Waals surface area contributed by atoms with Crippen LogP contribution in [0.5, 0.6) is 0 Å². The second-order valence-corrected chi connectivity index (χ2v) is 6.97. The molecule has 0 amide bonds. The Hall–Kier alpha value is -0.610. The number of carboxylic acid groups (broad SMARTS) is 1. The molecule has 0 aromatic carbocycles. The highest BCUT2D eigenvalue weighted by Crippen LogP contribution is 2.64. The first-order chi connectivity index (χ1) is 7.76. The van der Waals surface area contributed by atoms with Crippen LogP contribution in [-0.4, -0.2) is 27.3 Å². The molecule has 4 aliphatic rings. The normalized spacial score (nSPS) is 51.2. The molecular weight excluding hydrogens is 218 g/mol. The molecule has 4 aliphatic carbocycles. The van der Waals surface area contributed by atoms with Gasteiger partial charge in [-0.05, 0) is 57.3 Å². The number of nitrogens with two attached hydrogens (primary N) is 1. The van der Waals surface area contributed by atoms with Gasteiger partial charge in [0.25, 0.3) is 0 Å². The topological polar surface area (TPSA) is 83.6 Å². The maximum absolute atomic E-state index is 11.4. The summed E-state index contributed by atoms with van der Waals surface area (Å²) in [6, 6.07) is 0. The van der Waals surface area contributed by atoms with Crippen LogP contribution in [0.1, 0.15) is 45.4 Å². The molecule has 17 heavy (non-hydrogen) atoms. The van der Waals surface area contributed by atoms with Crippen molar-refractivity contribution in [2.45, 2.75) is 56.6 Å². The summed E-state index contributed by atoms with van der Waals surface area (Å²) in [4.78, 5) is 11.4. The van der Waals surface area contributed by atoms with Crippen molar-refractivity contribution in [3.05, 3.63) is 0 Å². The second-order valence-electron chi connectivity index (χ2n) is 6.97. The third kappa shape index (κ3) is 1.40. The van der Waals surface area contributed by atoms with E-state index in [1.54, 1.807) is 6.92 Å². The molecule has 0 aromatic rings. The van der Waals surface area contributed by atoms with Gasteiger partial charge >= 0.3 is 5.97 Å². The van der Waals surface area contributed by atoms with Crippen molar-refractivity contribution >= 4 is 5.97 Å². The van der Waals surface area contributed by atoms with Gasteiger partial charge in [0.15, 0.2) is 0 Å². The summed E-state index contributed by atoms with van der Waals surface area (Å²) in [5.41, 5.74) is 3.87. The number of hydrogen-bond acceptors (Lipinski definition) is 3. The van der Waals surface area contributed by atoms with Gasteiger partial charge in [-0.1, -0.05) is 0 Å². The molecule has 4 heteroatoms. The van der Waals surface area contributed by atoms with Crippen LogP contribution in [0.25, 0.3) is 0 Å². The molecule has 0 saturated heterocycles. The molecule has 4 bridgehead atoms. The van der Waals surface area contributed by atoms with Crippen LogP contribution in [0.2, 0.25) is 0 Å². The molecule has 4 saturated carbocycles. The molecule has 96 valence electrons. The molecular formula is C13H21NO3. The Labute approximate surface area is 101 Å². The van der Waals surface area contributed by atoms with Gasteiger partial charge in [-0.2, -0.15) is 0 Å². The fourth-order valence-electron chi connectivity index (χ4n) is 5.05. The fraction of sp³-hybridized carbons (Fsp3) is 0.923. The third-order valence-corrected chi connectivity index (χ3v) is 5.58. The smallest absolute Gasteiger partial charge is 0.323 e. The van der Waals surface area contributed by atoms with Gasteiger partial charge in [-0.15, -0.1) is 0 Å². The molecule has 4 rings (SSSR count). The lowest BCUT2D eigenvalue weighted by Gasteiger charge is -2.63. The predicted octanol–water partition coefficient (Wildman–Crippen LogP) is 1.12. The maximum atomic E-state index is 11.4.